The molecule has 0 radical (unpaired) electrons. The van der Waals surface area contributed by atoms with Gasteiger partial charge in [-0.3, -0.25) is 19.5 Å². The van der Waals surface area contributed by atoms with Crippen LogP contribution in [0.25, 0.3) is 0 Å². The smallest absolute Gasteiger partial charge is 0.335 e. The van der Waals surface area contributed by atoms with Crippen LogP contribution in [0.4, 0.5) is 5.69 Å². The number of anilines is 1. The Morgan fingerprint density at radius 3 is 3.00 bits per heavy atom. The number of amides is 2. The van der Waals surface area contributed by atoms with Gasteiger partial charge >= 0.3 is 5.97 Å². The predicted molar refractivity (Wildman–Crippen MR) is 82.0 cm³/mol. The van der Waals surface area contributed by atoms with Crippen molar-refractivity contribution in [2.45, 2.75) is 11.7 Å². The second-order valence-electron chi connectivity index (χ2n) is 4.90. The van der Waals surface area contributed by atoms with Crippen LogP contribution in [-0.4, -0.2) is 51.3 Å². The molecule has 0 aliphatic carbocycles. The van der Waals surface area contributed by atoms with Gasteiger partial charge in [-0.15, -0.1) is 0 Å². The van der Waals surface area contributed by atoms with Gasteiger partial charge in [-0.25, -0.2) is 4.79 Å². The number of fused-ring (bicyclic) bond motifs is 1. The summed E-state index contributed by atoms with van der Waals surface area (Å²) >= 11 is 1.31. The number of hydrogen-bond donors (Lipinski definition) is 2. The highest BCUT2D eigenvalue weighted by molar-refractivity contribution is 8.15. The molecule has 2 aliphatic rings. The first-order valence-corrected chi connectivity index (χ1v) is 7.58. The molecule has 0 aromatic heterocycles. The van der Waals surface area contributed by atoms with Gasteiger partial charge in [0.2, 0.25) is 11.8 Å². The molecule has 3 rings (SSSR count). The van der Waals surface area contributed by atoms with Crippen LogP contribution >= 0.6 is 11.8 Å². The molecule has 1 atom stereocenters. The lowest BCUT2D eigenvalue weighted by molar-refractivity contribution is -0.127. The van der Waals surface area contributed by atoms with Crippen molar-refractivity contribution < 1.29 is 19.5 Å². The van der Waals surface area contributed by atoms with Gasteiger partial charge in [0.25, 0.3) is 0 Å². The quantitative estimate of drug-likeness (QED) is 0.863. The summed E-state index contributed by atoms with van der Waals surface area (Å²) in [5.74, 6) is -1.47. The summed E-state index contributed by atoms with van der Waals surface area (Å²) < 4.78 is 0. The van der Waals surface area contributed by atoms with Crippen molar-refractivity contribution in [2.75, 3.05) is 18.4 Å². The highest BCUT2D eigenvalue weighted by Crippen LogP contribution is 2.31. The monoisotopic (exact) mass is 319 g/mol. The maximum atomic E-state index is 12.1. The maximum Gasteiger partial charge on any atom is 0.335 e. The van der Waals surface area contributed by atoms with E-state index in [0.29, 0.717) is 23.9 Å². The number of carbonyl (C=O) groups excluding carboxylic acids is 2. The first kappa shape index (κ1) is 14.6. The molecule has 22 heavy (non-hydrogen) atoms. The summed E-state index contributed by atoms with van der Waals surface area (Å²) in [4.78, 5) is 40.8. The van der Waals surface area contributed by atoms with Gasteiger partial charge in [0, 0.05) is 18.7 Å². The van der Waals surface area contributed by atoms with Gasteiger partial charge < -0.3 is 10.4 Å². The molecule has 0 bridgehead atoms. The summed E-state index contributed by atoms with van der Waals surface area (Å²) in [7, 11) is 0. The topological polar surface area (TPSA) is 99.1 Å². The average Bonchev–Trinajstić information content (AvgIpc) is 3.03. The molecule has 8 heteroatoms. The van der Waals surface area contributed by atoms with E-state index >= 15 is 0 Å². The number of carboxylic acids is 1. The second kappa shape index (κ2) is 5.80. The lowest BCUT2D eigenvalue weighted by atomic mass is 10.2. The van der Waals surface area contributed by atoms with Crippen LogP contribution in [0.3, 0.4) is 0 Å². The fourth-order valence-corrected chi connectivity index (χ4v) is 3.51. The van der Waals surface area contributed by atoms with Crippen molar-refractivity contribution in [3.8, 4) is 0 Å². The van der Waals surface area contributed by atoms with Gasteiger partial charge in [0.15, 0.2) is 5.17 Å². The molecular formula is C14H13N3O4S. The molecule has 0 spiro atoms. The molecule has 0 saturated carbocycles. The molecular weight excluding hydrogens is 306 g/mol. The van der Waals surface area contributed by atoms with Gasteiger partial charge in [-0.1, -0.05) is 17.8 Å². The standard InChI is InChI=1S/C14H13N3O4S/c18-11(16-9-3-1-2-8(6-9)13(20)21)7-10-12(19)17-5-4-15-14(17)22-10/h1-3,6,10H,4-5,7H2,(H,16,18)(H,20,21)/t10-/m0/s1. The third kappa shape index (κ3) is 2.82. The predicted octanol–water partition coefficient (Wildman–Crippen LogP) is 1.03. The van der Waals surface area contributed by atoms with Crippen molar-refractivity contribution in [3.63, 3.8) is 0 Å². The summed E-state index contributed by atoms with van der Waals surface area (Å²) in [6, 6.07) is 5.99. The van der Waals surface area contributed by atoms with Crippen molar-refractivity contribution >= 4 is 40.4 Å². The van der Waals surface area contributed by atoms with E-state index in [2.05, 4.69) is 10.3 Å². The van der Waals surface area contributed by atoms with E-state index in [1.54, 1.807) is 17.0 Å². The molecule has 0 unspecified atom stereocenters. The van der Waals surface area contributed by atoms with E-state index in [1.807, 2.05) is 0 Å². The summed E-state index contributed by atoms with van der Waals surface area (Å²) in [5, 5.41) is 11.8. The minimum Gasteiger partial charge on any atom is -0.478 e. The van der Waals surface area contributed by atoms with Gasteiger partial charge in [-0.05, 0) is 18.2 Å². The second-order valence-corrected chi connectivity index (χ2v) is 6.07. The summed E-state index contributed by atoms with van der Waals surface area (Å²) in [6.07, 6.45) is 0.0380. The first-order valence-electron chi connectivity index (χ1n) is 6.70. The minimum absolute atomic E-state index is 0.0380. The van der Waals surface area contributed by atoms with Gasteiger partial charge in [-0.2, -0.15) is 0 Å². The number of aliphatic imine (C=N–C) groups is 1. The zero-order valence-corrected chi connectivity index (χ0v) is 12.3. The Balaban J connectivity index is 1.62. The number of amidine groups is 1. The Bertz CT molecular complexity index is 688. The summed E-state index contributed by atoms with van der Waals surface area (Å²) in [5.41, 5.74) is 0.498. The normalized spacial score (nSPS) is 19.8. The van der Waals surface area contributed by atoms with E-state index in [4.69, 9.17) is 5.11 Å². The Hall–Kier alpha value is -2.35. The maximum absolute atomic E-state index is 12.1. The Morgan fingerprint density at radius 1 is 1.45 bits per heavy atom. The SMILES string of the molecule is O=C(C[C@@H]1SC2=NCCN2C1=O)Nc1cccc(C(=O)O)c1. The summed E-state index contributed by atoms with van der Waals surface area (Å²) in [6.45, 7) is 1.20. The number of carbonyl (C=O) groups is 3. The number of nitrogens with one attached hydrogen (secondary N) is 1. The third-order valence-corrected chi connectivity index (χ3v) is 4.57. The van der Waals surface area contributed by atoms with Crippen molar-refractivity contribution in [2.24, 2.45) is 4.99 Å². The number of thioether (sulfide) groups is 1. The molecule has 2 aliphatic heterocycles. The molecule has 2 N–H and O–H groups in total. The molecule has 1 saturated heterocycles. The van der Waals surface area contributed by atoms with Crippen LogP contribution in [0.5, 0.6) is 0 Å². The number of rotatable bonds is 4. The third-order valence-electron chi connectivity index (χ3n) is 3.35. The Morgan fingerprint density at radius 2 is 2.27 bits per heavy atom. The van der Waals surface area contributed by atoms with Crippen molar-refractivity contribution in [1.29, 1.82) is 0 Å². The van der Waals surface area contributed by atoms with E-state index < -0.39 is 11.2 Å². The fraction of sp³-hybridized carbons (Fsp3) is 0.286. The van der Waals surface area contributed by atoms with Crippen LogP contribution in [-0.2, 0) is 9.59 Å². The molecule has 1 aromatic carbocycles. The van der Waals surface area contributed by atoms with Crippen LogP contribution in [0.15, 0.2) is 29.3 Å². The van der Waals surface area contributed by atoms with Gasteiger partial charge in [0.05, 0.1) is 12.1 Å². The zero-order chi connectivity index (χ0) is 15.7. The average molecular weight is 319 g/mol. The Labute approximate surface area is 130 Å². The number of benzene rings is 1. The molecule has 1 fully saturated rings. The minimum atomic E-state index is -1.06. The molecule has 2 heterocycles. The lowest BCUT2D eigenvalue weighted by Crippen LogP contribution is -2.32. The van der Waals surface area contributed by atoms with Crippen molar-refractivity contribution in [1.82, 2.24) is 4.90 Å². The number of nitrogens with zero attached hydrogens (tertiary/aromatic N) is 2. The molecule has 1 aromatic rings. The van der Waals surface area contributed by atoms with E-state index in [9.17, 15) is 14.4 Å². The number of aromatic carboxylic acids is 1. The van der Waals surface area contributed by atoms with Gasteiger partial charge in [0.1, 0.15) is 5.25 Å². The highest BCUT2D eigenvalue weighted by atomic mass is 32.2. The van der Waals surface area contributed by atoms with Crippen LogP contribution in [0, 0.1) is 0 Å². The largest absolute Gasteiger partial charge is 0.478 e. The lowest BCUT2D eigenvalue weighted by Gasteiger charge is -2.10. The zero-order valence-electron chi connectivity index (χ0n) is 11.5. The highest BCUT2D eigenvalue weighted by Gasteiger charge is 2.40. The van der Waals surface area contributed by atoms with Crippen LogP contribution in [0.1, 0.15) is 16.8 Å². The molecule has 2 amide bonds. The number of carboxylic acid groups (broad SMARTS) is 1. The number of hydrogen-bond acceptors (Lipinski definition) is 5. The van der Waals surface area contributed by atoms with Crippen LogP contribution < -0.4 is 5.32 Å². The fourth-order valence-electron chi connectivity index (χ4n) is 2.32. The first-order chi connectivity index (χ1) is 10.5. The van der Waals surface area contributed by atoms with E-state index in [0.717, 1.165) is 0 Å². The molecule has 7 nitrogen and oxygen atoms in total. The molecule has 114 valence electrons. The Kier molecular flexibility index (Phi) is 3.84. The van der Waals surface area contributed by atoms with E-state index in [1.165, 1.54) is 23.9 Å². The van der Waals surface area contributed by atoms with E-state index in [-0.39, 0.29) is 23.8 Å². The van der Waals surface area contributed by atoms with Crippen LogP contribution in [0.2, 0.25) is 0 Å². The van der Waals surface area contributed by atoms with Crippen molar-refractivity contribution in [3.05, 3.63) is 29.8 Å².